The van der Waals surface area contributed by atoms with Gasteiger partial charge >= 0.3 is 0 Å². The van der Waals surface area contributed by atoms with E-state index in [0.29, 0.717) is 0 Å². The van der Waals surface area contributed by atoms with Gasteiger partial charge in [-0.25, -0.2) is 0 Å². The van der Waals surface area contributed by atoms with Gasteiger partial charge in [0.15, 0.2) is 0 Å². The van der Waals surface area contributed by atoms with Crippen LogP contribution in [0.5, 0.6) is 0 Å². The number of rotatable bonds is 1. The minimum atomic E-state index is 0.836. The Hall–Kier alpha value is -1.90. The average Bonchev–Trinajstić information content (AvgIpc) is 2.69. The van der Waals surface area contributed by atoms with E-state index in [1.54, 1.807) is 0 Å². The van der Waals surface area contributed by atoms with Crippen LogP contribution in [0.25, 0.3) is 11.3 Å². The highest BCUT2D eigenvalue weighted by molar-refractivity contribution is 5.83. The smallest absolute Gasteiger partial charge is 0.0959 e. The molecule has 16 heavy (non-hydrogen) atoms. The summed E-state index contributed by atoms with van der Waals surface area (Å²) in [4.78, 5) is 4.30. The lowest BCUT2D eigenvalue weighted by molar-refractivity contribution is 0.612. The number of aromatic nitrogens is 2. The van der Waals surface area contributed by atoms with Crippen LogP contribution in [0.4, 0.5) is 0 Å². The maximum Gasteiger partial charge on any atom is 0.0959 e. The molecule has 3 rings (SSSR count). The minimum absolute atomic E-state index is 0.836. The molecule has 2 heterocycles. The SMILES string of the molecule is Cc1c(-c2ccccc2)nn2c1C=NCC2. The van der Waals surface area contributed by atoms with Crippen molar-refractivity contribution in [3.8, 4) is 11.3 Å². The molecule has 1 aromatic carbocycles. The Bertz CT molecular complexity index is 538. The topological polar surface area (TPSA) is 30.2 Å². The highest BCUT2D eigenvalue weighted by Crippen LogP contribution is 2.24. The van der Waals surface area contributed by atoms with Gasteiger partial charge in [0.05, 0.1) is 24.5 Å². The van der Waals surface area contributed by atoms with Gasteiger partial charge in [0, 0.05) is 17.3 Å². The molecule has 0 radical (unpaired) electrons. The van der Waals surface area contributed by atoms with Crippen LogP contribution in [0.2, 0.25) is 0 Å². The molecule has 0 fully saturated rings. The van der Waals surface area contributed by atoms with Gasteiger partial charge < -0.3 is 0 Å². The second-order valence-corrected chi connectivity index (χ2v) is 3.98. The molecule has 0 unspecified atom stereocenters. The van der Waals surface area contributed by atoms with Crippen molar-refractivity contribution >= 4 is 6.21 Å². The van der Waals surface area contributed by atoms with E-state index in [-0.39, 0.29) is 0 Å². The summed E-state index contributed by atoms with van der Waals surface area (Å²) in [5, 5.41) is 4.65. The first-order valence-corrected chi connectivity index (χ1v) is 5.49. The molecule has 0 aliphatic carbocycles. The molecular weight excluding hydrogens is 198 g/mol. The molecule has 0 saturated carbocycles. The van der Waals surface area contributed by atoms with Gasteiger partial charge in [-0.3, -0.25) is 9.67 Å². The fraction of sp³-hybridized carbons (Fsp3) is 0.231. The normalized spacial score (nSPS) is 13.8. The Balaban J connectivity index is 2.16. The van der Waals surface area contributed by atoms with Crippen LogP contribution < -0.4 is 0 Å². The lowest BCUT2D eigenvalue weighted by Crippen LogP contribution is -2.12. The van der Waals surface area contributed by atoms with E-state index in [4.69, 9.17) is 0 Å². The number of benzene rings is 1. The Labute approximate surface area is 94.4 Å². The Kier molecular flexibility index (Phi) is 2.10. The summed E-state index contributed by atoms with van der Waals surface area (Å²) in [5.74, 6) is 0. The summed E-state index contributed by atoms with van der Waals surface area (Å²) in [6, 6.07) is 10.3. The number of hydrogen-bond acceptors (Lipinski definition) is 2. The maximum atomic E-state index is 4.65. The third kappa shape index (κ3) is 1.36. The first kappa shape index (κ1) is 9.33. The maximum absolute atomic E-state index is 4.65. The number of fused-ring (bicyclic) bond motifs is 1. The number of hydrogen-bond donors (Lipinski definition) is 0. The van der Waals surface area contributed by atoms with Crippen molar-refractivity contribution < 1.29 is 0 Å². The molecule has 80 valence electrons. The highest BCUT2D eigenvalue weighted by atomic mass is 15.3. The number of aliphatic imine (C=N–C) groups is 1. The third-order valence-electron chi connectivity index (χ3n) is 2.94. The van der Waals surface area contributed by atoms with Crippen LogP contribution in [0, 0.1) is 6.92 Å². The van der Waals surface area contributed by atoms with E-state index in [2.05, 4.69) is 29.1 Å². The average molecular weight is 211 g/mol. The van der Waals surface area contributed by atoms with Gasteiger partial charge in [0.25, 0.3) is 0 Å². The Morgan fingerprint density at radius 3 is 2.75 bits per heavy atom. The summed E-state index contributed by atoms with van der Waals surface area (Å²) in [5.41, 5.74) is 4.61. The van der Waals surface area contributed by atoms with Crippen molar-refractivity contribution in [1.82, 2.24) is 9.78 Å². The molecule has 0 N–H and O–H groups in total. The minimum Gasteiger partial charge on any atom is -0.289 e. The van der Waals surface area contributed by atoms with Crippen molar-refractivity contribution in [3.05, 3.63) is 41.6 Å². The first-order chi connectivity index (χ1) is 7.86. The monoisotopic (exact) mass is 211 g/mol. The molecule has 0 spiro atoms. The van der Waals surface area contributed by atoms with Crippen LogP contribution in [-0.2, 0) is 6.54 Å². The van der Waals surface area contributed by atoms with Gasteiger partial charge in [-0.1, -0.05) is 30.3 Å². The first-order valence-electron chi connectivity index (χ1n) is 5.49. The zero-order chi connectivity index (χ0) is 11.0. The van der Waals surface area contributed by atoms with Crippen molar-refractivity contribution in [2.45, 2.75) is 13.5 Å². The van der Waals surface area contributed by atoms with E-state index in [1.807, 2.05) is 29.1 Å². The molecule has 1 aliphatic rings. The van der Waals surface area contributed by atoms with Crippen LogP contribution >= 0.6 is 0 Å². The molecule has 1 aliphatic heterocycles. The fourth-order valence-electron chi connectivity index (χ4n) is 2.07. The second kappa shape index (κ2) is 3.59. The summed E-state index contributed by atoms with van der Waals surface area (Å²) >= 11 is 0. The van der Waals surface area contributed by atoms with Gasteiger partial charge in [-0.2, -0.15) is 5.10 Å². The summed E-state index contributed by atoms with van der Waals surface area (Å²) < 4.78 is 2.05. The lowest BCUT2D eigenvalue weighted by Gasteiger charge is -2.06. The number of nitrogens with zero attached hydrogens (tertiary/aromatic N) is 3. The molecule has 0 bridgehead atoms. The Morgan fingerprint density at radius 2 is 2.00 bits per heavy atom. The molecule has 2 aromatic rings. The summed E-state index contributed by atoms with van der Waals surface area (Å²) in [6.45, 7) is 3.83. The predicted molar refractivity (Wildman–Crippen MR) is 64.9 cm³/mol. The zero-order valence-corrected chi connectivity index (χ0v) is 9.22. The summed E-state index contributed by atoms with van der Waals surface area (Å²) in [6.07, 6.45) is 1.93. The molecule has 1 aromatic heterocycles. The van der Waals surface area contributed by atoms with E-state index < -0.39 is 0 Å². The van der Waals surface area contributed by atoms with E-state index in [0.717, 1.165) is 24.5 Å². The fourth-order valence-corrected chi connectivity index (χ4v) is 2.07. The van der Waals surface area contributed by atoms with Crippen LogP contribution in [0.15, 0.2) is 35.3 Å². The standard InChI is InChI=1S/C13H13N3/c1-10-12-9-14-7-8-16(12)15-13(10)11-5-3-2-4-6-11/h2-6,9H,7-8H2,1H3. The van der Waals surface area contributed by atoms with Gasteiger partial charge in [-0.05, 0) is 6.92 Å². The van der Waals surface area contributed by atoms with Crippen molar-refractivity contribution in [3.63, 3.8) is 0 Å². The van der Waals surface area contributed by atoms with E-state index >= 15 is 0 Å². The quantitative estimate of drug-likeness (QED) is 0.711. The molecule has 0 amide bonds. The molecular formula is C13H13N3. The third-order valence-corrected chi connectivity index (χ3v) is 2.94. The van der Waals surface area contributed by atoms with E-state index in [9.17, 15) is 0 Å². The zero-order valence-electron chi connectivity index (χ0n) is 9.22. The largest absolute Gasteiger partial charge is 0.289 e. The molecule has 3 nitrogen and oxygen atoms in total. The van der Waals surface area contributed by atoms with Crippen molar-refractivity contribution in [2.75, 3.05) is 6.54 Å². The lowest BCUT2D eigenvalue weighted by atomic mass is 10.1. The molecule has 0 saturated heterocycles. The Morgan fingerprint density at radius 1 is 1.19 bits per heavy atom. The highest BCUT2D eigenvalue weighted by Gasteiger charge is 2.15. The van der Waals surface area contributed by atoms with Gasteiger partial charge in [-0.15, -0.1) is 0 Å². The van der Waals surface area contributed by atoms with Crippen molar-refractivity contribution in [2.24, 2.45) is 4.99 Å². The van der Waals surface area contributed by atoms with E-state index in [1.165, 1.54) is 11.1 Å². The van der Waals surface area contributed by atoms with Crippen LogP contribution in [0.1, 0.15) is 11.3 Å². The second-order valence-electron chi connectivity index (χ2n) is 3.98. The van der Waals surface area contributed by atoms with Crippen LogP contribution in [0.3, 0.4) is 0 Å². The van der Waals surface area contributed by atoms with Gasteiger partial charge in [0.1, 0.15) is 0 Å². The molecule has 0 atom stereocenters. The van der Waals surface area contributed by atoms with Gasteiger partial charge in [0.2, 0.25) is 0 Å². The summed E-state index contributed by atoms with van der Waals surface area (Å²) in [7, 11) is 0. The molecule has 3 heteroatoms. The predicted octanol–water partition coefficient (Wildman–Crippen LogP) is 2.29. The van der Waals surface area contributed by atoms with Crippen LogP contribution in [-0.4, -0.2) is 22.5 Å². The van der Waals surface area contributed by atoms with Crippen molar-refractivity contribution in [1.29, 1.82) is 0 Å².